The second kappa shape index (κ2) is 8.29. The molecule has 2 aromatic carbocycles. The summed E-state index contributed by atoms with van der Waals surface area (Å²) in [5.74, 6) is -0.837. The molecule has 0 fully saturated rings. The van der Waals surface area contributed by atoms with Crippen molar-refractivity contribution in [3.05, 3.63) is 63.7 Å². The maximum Gasteiger partial charge on any atom is 0.282 e. The summed E-state index contributed by atoms with van der Waals surface area (Å²) in [6.07, 6.45) is -0.427. The topological polar surface area (TPSA) is 119 Å². The molecule has 2 aliphatic heterocycles. The monoisotopic (exact) mass is 439 g/mol. The van der Waals surface area contributed by atoms with E-state index in [9.17, 15) is 24.5 Å². The molecule has 2 atom stereocenters. The first kappa shape index (κ1) is 21.3. The minimum atomic E-state index is -1.14. The van der Waals surface area contributed by atoms with Gasteiger partial charge in [0.2, 0.25) is 5.91 Å². The van der Waals surface area contributed by atoms with Crippen LogP contribution < -0.4 is 9.47 Å². The van der Waals surface area contributed by atoms with Crippen LogP contribution >= 0.6 is 0 Å². The Kier molecular flexibility index (Phi) is 5.52. The van der Waals surface area contributed by atoms with Crippen LogP contribution in [0.25, 0.3) is 0 Å². The lowest BCUT2D eigenvalue weighted by atomic mass is 10.1. The van der Waals surface area contributed by atoms with Gasteiger partial charge in [-0.2, -0.15) is 0 Å². The normalized spacial score (nSPS) is 17.7. The van der Waals surface area contributed by atoms with Crippen molar-refractivity contribution in [3.63, 3.8) is 0 Å². The van der Waals surface area contributed by atoms with Crippen LogP contribution in [-0.4, -0.2) is 64.3 Å². The van der Waals surface area contributed by atoms with E-state index in [1.165, 1.54) is 24.0 Å². The molecular weight excluding hydrogens is 418 g/mol. The van der Waals surface area contributed by atoms with Crippen LogP contribution in [0.2, 0.25) is 0 Å². The summed E-state index contributed by atoms with van der Waals surface area (Å²) in [7, 11) is 0. The van der Waals surface area contributed by atoms with Crippen LogP contribution in [0.5, 0.6) is 11.5 Å². The first-order chi connectivity index (χ1) is 15.3. The zero-order valence-corrected chi connectivity index (χ0v) is 17.5. The van der Waals surface area contributed by atoms with Crippen molar-refractivity contribution in [2.75, 3.05) is 19.7 Å². The minimum Gasteiger partial charge on any atom is -0.486 e. The molecule has 0 N–H and O–H groups in total. The van der Waals surface area contributed by atoms with Crippen LogP contribution in [0.1, 0.15) is 34.6 Å². The second-order valence-electron chi connectivity index (χ2n) is 7.49. The molecule has 0 aliphatic carbocycles. The zero-order chi connectivity index (χ0) is 23.0. The number of fused-ring (bicyclic) bond motifs is 2. The number of hydrogen-bond donors (Lipinski definition) is 0. The summed E-state index contributed by atoms with van der Waals surface area (Å²) in [6, 6.07) is 9.92. The molecule has 0 spiro atoms. The smallest absolute Gasteiger partial charge is 0.282 e. The standard InChI is InChI=1S/C22H21N3O7/c1-3-23(11-14-12-31-17-9-4-5-10-18(17)32-14)20(26)13(2)24-21(27)15-7-6-8-16(25(29)30)19(15)22(24)28/h4-10,13-14H,3,11-12H2,1-2H3. The molecule has 32 heavy (non-hydrogen) atoms. The number of nitro benzene ring substituents is 1. The van der Waals surface area contributed by atoms with E-state index >= 15 is 0 Å². The molecule has 0 radical (unpaired) electrons. The van der Waals surface area contributed by atoms with E-state index in [2.05, 4.69) is 0 Å². The lowest BCUT2D eigenvalue weighted by Gasteiger charge is -2.33. The maximum atomic E-state index is 13.2. The summed E-state index contributed by atoms with van der Waals surface area (Å²) < 4.78 is 11.6. The van der Waals surface area contributed by atoms with Crippen molar-refractivity contribution in [1.29, 1.82) is 0 Å². The Balaban J connectivity index is 1.51. The molecule has 3 amide bonds. The largest absolute Gasteiger partial charge is 0.486 e. The van der Waals surface area contributed by atoms with Crippen LogP contribution in [0.15, 0.2) is 42.5 Å². The van der Waals surface area contributed by atoms with E-state index in [-0.39, 0.29) is 24.3 Å². The average Bonchev–Trinajstić information content (AvgIpc) is 3.06. The summed E-state index contributed by atoms with van der Waals surface area (Å²) in [6.45, 7) is 3.96. The third-order valence-electron chi connectivity index (χ3n) is 5.55. The number of ether oxygens (including phenoxy) is 2. The fraction of sp³-hybridized carbons (Fsp3) is 0.318. The van der Waals surface area contributed by atoms with Gasteiger partial charge in [-0.1, -0.05) is 18.2 Å². The van der Waals surface area contributed by atoms with E-state index in [0.29, 0.717) is 18.0 Å². The van der Waals surface area contributed by atoms with Crippen LogP contribution in [0.4, 0.5) is 5.69 Å². The highest BCUT2D eigenvalue weighted by molar-refractivity contribution is 6.24. The van der Waals surface area contributed by atoms with E-state index in [1.807, 2.05) is 12.1 Å². The fourth-order valence-corrected chi connectivity index (χ4v) is 3.94. The number of imide groups is 1. The first-order valence-electron chi connectivity index (χ1n) is 10.2. The van der Waals surface area contributed by atoms with Crippen molar-refractivity contribution >= 4 is 23.4 Å². The Bertz CT molecular complexity index is 1120. The van der Waals surface area contributed by atoms with E-state index < -0.39 is 40.5 Å². The number of nitro groups is 1. The Labute approximate surface area is 183 Å². The Morgan fingerprint density at radius 3 is 2.59 bits per heavy atom. The highest BCUT2D eigenvalue weighted by atomic mass is 16.6. The molecule has 2 aromatic rings. The van der Waals surface area contributed by atoms with Gasteiger partial charge in [0.15, 0.2) is 17.6 Å². The molecule has 0 saturated carbocycles. The van der Waals surface area contributed by atoms with Gasteiger partial charge in [-0.15, -0.1) is 0 Å². The van der Waals surface area contributed by atoms with Gasteiger partial charge in [-0.3, -0.25) is 29.4 Å². The number of likely N-dealkylation sites (N-methyl/N-ethyl adjacent to an activating group) is 1. The Morgan fingerprint density at radius 1 is 1.19 bits per heavy atom. The third-order valence-corrected chi connectivity index (χ3v) is 5.55. The van der Waals surface area contributed by atoms with Crippen LogP contribution in [0, 0.1) is 10.1 Å². The van der Waals surface area contributed by atoms with Crippen molar-refractivity contribution in [2.45, 2.75) is 26.0 Å². The SMILES string of the molecule is CCN(CC1COc2ccccc2O1)C(=O)C(C)N1C(=O)c2cccc([N+](=O)[O-])c2C1=O. The predicted molar refractivity (Wildman–Crippen MR) is 112 cm³/mol. The summed E-state index contributed by atoms with van der Waals surface area (Å²) in [5.41, 5.74) is -0.819. The third kappa shape index (κ3) is 3.53. The lowest BCUT2D eigenvalue weighted by Crippen LogP contribution is -2.52. The van der Waals surface area contributed by atoms with Gasteiger partial charge < -0.3 is 14.4 Å². The van der Waals surface area contributed by atoms with Gasteiger partial charge in [-0.05, 0) is 32.0 Å². The number of hydrogen-bond acceptors (Lipinski definition) is 7. The van der Waals surface area contributed by atoms with E-state index in [1.54, 1.807) is 19.1 Å². The van der Waals surface area contributed by atoms with Gasteiger partial charge in [0.05, 0.1) is 17.0 Å². The molecule has 2 heterocycles. The molecule has 10 heteroatoms. The number of para-hydroxylation sites is 2. The maximum absolute atomic E-state index is 13.2. The van der Waals surface area contributed by atoms with Gasteiger partial charge in [0, 0.05) is 12.6 Å². The molecule has 4 rings (SSSR count). The van der Waals surface area contributed by atoms with Crippen molar-refractivity contribution in [3.8, 4) is 11.5 Å². The average molecular weight is 439 g/mol. The van der Waals surface area contributed by atoms with Crippen LogP contribution in [-0.2, 0) is 4.79 Å². The number of carbonyl (C=O) groups is 3. The molecule has 0 saturated heterocycles. The summed E-state index contributed by atoms with van der Waals surface area (Å²) >= 11 is 0. The molecule has 166 valence electrons. The van der Waals surface area contributed by atoms with Crippen LogP contribution in [0.3, 0.4) is 0 Å². The molecule has 10 nitrogen and oxygen atoms in total. The fourth-order valence-electron chi connectivity index (χ4n) is 3.94. The summed E-state index contributed by atoms with van der Waals surface area (Å²) in [5, 5.41) is 11.3. The van der Waals surface area contributed by atoms with Gasteiger partial charge in [-0.25, -0.2) is 0 Å². The van der Waals surface area contributed by atoms with Gasteiger partial charge in [0.1, 0.15) is 18.2 Å². The van der Waals surface area contributed by atoms with E-state index in [4.69, 9.17) is 9.47 Å². The Hall–Kier alpha value is -3.95. The molecule has 2 unspecified atom stereocenters. The highest BCUT2D eigenvalue weighted by Crippen LogP contribution is 2.33. The van der Waals surface area contributed by atoms with Gasteiger partial charge >= 0.3 is 0 Å². The molecule has 2 aliphatic rings. The van der Waals surface area contributed by atoms with Crippen molar-refractivity contribution in [2.24, 2.45) is 0 Å². The first-order valence-corrected chi connectivity index (χ1v) is 10.2. The predicted octanol–water partition coefficient (Wildman–Crippen LogP) is 2.27. The number of carbonyl (C=O) groups excluding carboxylic acids is 3. The number of benzene rings is 2. The van der Waals surface area contributed by atoms with Crippen molar-refractivity contribution < 1.29 is 28.8 Å². The second-order valence-corrected chi connectivity index (χ2v) is 7.49. The number of nitrogens with zero attached hydrogens (tertiary/aromatic N) is 3. The Morgan fingerprint density at radius 2 is 1.91 bits per heavy atom. The molecule has 0 bridgehead atoms. The van der Waals surface area contributed by atoms with Crippen molar-refractivity contribution in [1.82, 2.24) is 9.80 Å². The number of rotatable bonds is 6. The number of amides is 3. The molecular formula is C22H21N3O7. The van der Waals surface area contributed by atoms with Gasteiger partial charge in [0.25, 0.3) is 17.5 Å². The summed E-state index contributed by atoms with van der Waals surface area (Å²) in [4.78, 5) is 51.8. The van der Waals surface area contributed by atoms with E-state index in [0.717, 1.165) is 11.0 Å². The minimum absolute atomic E-state index is 0.0764. The zero-order valence-electron chi connectivity index (χ0n) is 17.5. The lowest BCUT2D eigenvalue weighted by molar-refractivity contribution is -0.385. The quantitative estimate of drug-likeness (QED) is 0.385. The molecule has 0 aromatic heterocycles. The highest BCUT2D eigenvalue weighted by Gasteiger charge is 2.45.